The normalized spacial score (nSPS) is 20.3. The van der Waals surface area contributed by atoms with Crippen molar-refractivity contribution in [2.24, 2.45) is 0 Å². The van der Waals surface area contributed by atoms with Crippen LogP contribution in [0.1, 0.15) is 22.8 Å². The highest BCUT2D eigenvalue weighted by Crippen LogP contribution is 2.39. The first-order chi connectivity index (χ1) is 11.9. The largest absolute Gasteiger partial charge is 0.395 e. The van der Waals surface area contributed by atoms with Gasteiger partial charge in [0.05, 0.1) is 11.5 Å². The minimum Gasteiger partial charge on any atom is -0.395 e. The van der Waals surface area contributed by atoms with Gasteiger partial charge in [0.1, 0.15) is 11.1 Å². The summed E-state index contributed by atoms with van der Waals surface area (Å²) in [7, 11) is -3.70. The minimum absolute atomic E-state index is 0.0562. The zero-order valence-corrected chi connectivity index (χ0v) is 16.4. The van der Waals surface area contributed by atoms with E-state index in [-0.39, 0.29) is 17.5 Å². The Morgan fingerprint density at radius 3 is 2.60 bits per heavy atom. The summed E-state index contributed by atoms with van der Waals surface area (Å²) in [6, 6.07) is 10.5. The van der Waals surface area contributed by atoms with E-state index in [9.17, 15) is 12.8 Å². The number of aryl methyl sites for hydroxylation is 1. The van der Waals surface area contributed by atoms with Crippen LogP contribution >= 0.6 is 22.6 Å². The molecule has 2 N–H and O–H groups in total. The van der Waals surface area contributed by atoms with Crippen molar-refractivity contribution < 1.29 is 17.9 Å². The first-order valence-electron chi connectivity index (χ1n) is 8.05. The van der Waals surface area contributed by atoms with Crippen molar-refractivity contribution in [3.8, 4) is 0 Å². The molecule has 3 rings (SSSR count). The number of aliphatic hydroxyl groups excluding tert-OH is 1. The van der Waals surface area contributed by atoms with Gasteiger partial charge in [0.2, 0.25) is 0 Å². The average Bonchev–Trinajstić information content (AvgIpc) is 2.59. The Morgan fingerprint density at radius 1 is 1.20 bits per heavy atom. The van der Waals surface area contributed by atoms with E-state index in [4.69, 9.17) is 5.11 Å². The van der Waals surface area contributed by atoms with Crippen LogP contribution < -0.4 is 5.32 Å². The van der Waals surface area contributed by atoms with Crippen LogP contribution in [0.15, 0.2) is 47.4 Å². The highest BCUT2D eigenvalue weighted by atomic mass is 127. The summed E-state index contributed by atoms with van der Waals surface area (Å²) in [5.74, 6) is -0.465. The molecule has 134 valence electrons. The average molecular weight is 475 g/mol. The molecule has 7 heteroatoms. The number of fused-ring (bicyclic) bond motifs is 1. The number of nitrogens with one attached hydrogen (secondary N) is 1. The van der Waals surface area contributed by atoms with E-state index < -0.39 is 20.9 Å². The van der Waals surface area contributed by atoms with Crippen LogP contribution in [0, 0.1) is 9.39 Å². The van der Waals surface area contributed by atoms with Gasteiger partial charge in [-0.2, -0.15) is 0 Å². The van der Waals surface area contributed by atoms with E-state index in [0.29, 0.717) is 13.0 Å². The van der Waals surface area contributed by atoms with Gasteiger partial charge in [-0.15, -0.1) is 0 Å². The molecule has 2 atom stereocenters. The van der Waals surface area contributed by atoms with Crippen molar-refractivity contribution >= 4 is 32.4 Å². The zero-order chi connectivity index (χ0) is 18.0. The smallest absolute Gasteiger partial charge is 0.186 e. The monoisotopic (exact) mass is 475 g/mol. The molecular formula is C18H19FINO3S. The third kappa shape index (κ3) is 3.89. The van der Waals surface area contributed by atoms with Gasteiger partial charge < -0.3 is 10.4 Å². The fourth-order valence-corrected chi connectivity index (χ4v) is 5.95. The third-order valence-electron chi connectivity index (χ3n) is 4.50. The Kier molecular flexibility index (Phi) is 5.77. The molecule has 0 saturated carbocycles. The van der Waals surface area contributed by atoms with Crippen LogP contribution in [0.3, 0.4) is 0 Å². The minimum atomic E-state index is -3.70. The van der Waals surface area contributed by atoms with E-state index >= 15 is 0 Å². The molecular weight excluding hydrogens is 456 g/mol. The van der Waals surface area contributed by atoms with Crippen molar-refractivity contribution in [2.75, 3.05) is 13.2 Å². The molecule has 0 radical (unpaired) electrons. The van der Waals surface area contributed by atoms with Crippen LogP contribution in [0.2, 0.25) is 0 Å². The van der Waals surface area contributed by atoms with Gasteiger partial charge in [0.25, 0.3) is 0 Å². The maximum atomic E-state index is 13.3. The summed E-state index contributed by atoms with van der Waals surface area (Å²) in [6.45, 7) is 0.277. The van der Waals surface area contributed by atoms with Crippen LogP contribution in [-0.2, 0) is 16.3 Å². The number of hydrogen-bond donors (Lipinski definition) is 2. The van der Waals surface area contributed by atoms with Crippen molar-refractivity contribution in [3.63, 3.8) is 0 Å². The predicted octanol–water partition coefficient (Wildman–Crippen LogP) is 2.84. The van der Waals surface area contributed by atoms with Crippen LogP contribution in [-0.4, -0.2) is 32.7 Å². The molecule has 0 spiro atoms. The number of sulfone groups is 1. The Labute approximate surface area is 160 Å². The van der Waals surface area contributed by atoms with Gasteiger partial charge in [-0.1, -0.05) is 6.07 Å². The lowest BCUT2D eigenvalue weighted by molar-refractivity contribution is 0.278. The second kappa shape index (κ2) is 7.69. The molecule has 0 aromatic heterocycles. The summed E-state index contributed by atoms with van der Waals surface area (Å²) in [5, 5.41) is 11.5. The SMILES string of the molecule is O=S(=O)(c1ccc(F)cc1)C1c2ccc(I)cc2CCC1NCCO. The zero-order valence-electron chi connectivity index (χ0n) is 13.5. The first-order valence-corrected chi connectivity index (χ1v) is 10.7. The first kappa shape index (κ1) is 18.8. The fourth-order valence-electron chi connectivity index (χ4n) is 3.36. The molecule has 0 aliphatic heterocycles. The van der Waals surface area contributed by atoms with Crippen LogP contribution in [0.5, 0.6) is 0 Å². The lowest BCUT2D eigenvalue weighted by atomic mass is 9.88. The molecule has 0 fully saturated rings. The molecule has 0 amide bonds. The van der Waals surface area contributed by atoms with E-state index in [1.165, 1.54) is 24.3 Å². The van der Waals surface area contributed by atoms with E-state index in [0.717, 1.165) is 21.1 Å². The number of hydrogen-bond acceptors (Lipinski definition) is 4. The molecule has 25 heavy (non-hydrogen) atoms. The van der Waals surface area contributed by atoms with Gasteiger partial charge in [-0.05, 0) is 83.0 Å². The highest BCUT2D eigenvalue weighted by Gasteiger charge is 2.39. The van der Waals surface area contributed by atoms with Gasteiger partial charge in [-0.25, -0.2) is 12.8 Å². The van der Waals surface area contributed by atoms with Crippen LogP contribution in [0.25, 0.3) is 0 Å². The summed E-state index contributed by atoms with van der Waals surface area (Å²) < 4.78 is 40.9. The molecule has 2 aromatic rings. The standard InChI is InChI=1S/C18H19FINO3S/c19-13-2-5-15(6-3-13)25(23,24)18-16-7-4-14(20)11-12(16)1-8-17(18)21-9-10-22/h2-7,11,17-18,21-22H,1,8-10H2. The maximum absolute atomic E-state index is 13.3. The van der Waals surface area contributed by atoms with Gasteiger partial charge >= 0.3 is 0 Å². The number of benzene rings is 2. The van der Waals surface area contributed by atoms with Crippen molar-refractivity contribution in [2.45, 2.75) is 29.0 Å². The van der Waals surface area contributed by atoms with E-state index in [1.54, 1.807) is 0 Å². The Balaban J connectivity index is 2.08. The lowest BCUT2D eigenvalue weighted by Crippen LogP contribution is -2.43. The molecule has 2 aromatic carbocycles. The van der Waals surface area contributed by atoms with Crippen molar-refractivity contribution in [1.29, 1.82) is 0 Å². The Hall–Kier alpha value is -1.03. The predicted molar refractivity (Wildman–Crippen MR) is 103 cm³/mol. The number of halogens is 2. The van der Waals surface area contributed by atoms with Gasteiger partial charge in [0, 0.05) is 16.2 Å². The van der Waals surface area contributed by atoms with Gasteiger partial charge in [0.15, 0.2) is 9.84 Å². The molecule has 0 heterocycles. The molecule has 4 nitrogen and oxygen atoms in total. The summed E-state index contributed by atoms with van der Waals surface area (Å²) in [4.78, 5) is 0.112. The third-order valence-corrected chi connectivity index (χ3v) is 7.35. The molecule has 0 saturated heterocycles. The molecule has 0 bridgehead atoms. The topological polar surface area (TPSA) is 66.4 Å². The number of aliphatic hydroxyl groups is 1. The Bertz CT molecular complexity index is 855. The summed E-state index contributed by atoms with van der Waals surface area (Å²) >= 11 is 2.22. The fraction of sp³-hybridized carbons (Fsp3) is 0.333. The van der Waals surface area contributed by atoms with E-state index in [1.807, 2.05) is 18.2 Å². The van der Waals surface area contributed by atoms with Crippen molar-refractivity contribution in [1.82, 2.24) is 5.32 Å². The lowest BCUT2D eigenvalue weighted by Gasteiger charge is -2.34. The molecule has 1 aliphatic carbocycles. The maximum Gasteiger partial charge on any atom is 0.186 e. The van der Waals surface area contributed by atoms with Crippen molar-refractivity contribution in [3.05, 3.63) is 63.0 Å². The van der Waals surface area contributed by atoms with E-state index in [2.05, 4.69) is 27.9 Å². The second-order valence-corrected chi connectivity index (χ2v) is 9.40. The second-order valence-electron chi connectivity index (χ2n) is 6.09. The number of rotatable bonds is 5. The summed E-state index contributed by atoms with van der Waals surface area (Å²) in [6.07, 6.45) is 1.45. The quantitative estimate of drug-likeness (QED) is 0.516. The Morgan fingerprint density at radius 2 is 1.92 bits per heavy atom. The summed E-state index contributed by atoms with van der Waals surface area (Å²) in [5.41, 5.74) is 1.82. The molecule has 1 aliphatic rings. The molecule has 2 unspecified atom stereocenters. The van der Waals surface area contributed by atoms with Crippen LogP contribution in [0.4, 0.5) is 4.39 Å². The van der Waals surface area contributed by atoms with Gasteiger partial charge in [-0.3, -0.25) is 0 Å². The highest BCUT2D eigenvalue weighted by molar-refractivity contribution is 14.1.